The molecule has 2 atom stereocenters. The number of likely N-dealkylation sites (tertiary alicyclic amines) is 2. The zero-order chi connectivity index (χ0) is 13.1. The summed E-state index contributed by atoms with van der Waals surface area (Å²) in [5.41, 5.74) is 0. The third kappa shape index (κ3) is 2.44. The van der Waals surface area contributed by atoms with Crippen LogP contribution in [0, 0.1) is 0 Å². The summed E-state index contributed by atoms with van der Waals surface area (Å²) in [6.45, 7) is 3.45. The van der Waals surface area contributed by atoms with E-state index in [9.17, 15) is 14.7 Å². The number of rotatable bonds is 2. The van der Waals surface area contributed by atoms with Crippen LogP contribution in [0.1, 0.15) is 45.4 Å². The van der Waals surface area contributed by atoms with E-state index in [-0.39, 0.29) is 6.03 Å². The van der Waals surface area contributed by atoms with Gasteiger partial charge in [-0.1, -0.05) is 6.92 Å². The lowest BCUT2D eigenvalue weighted by atomic mass is 10.0. The maximum absolute atomic E-state index is 12.5. The highest BCUT2D eigenvalue weighted by Crippen LogP contribution is 2.25. The van der Waals surface area contributed by atoms with Crippen LogP contribution in [-0.2, 0) is 4.79 Å². The van der Waals surface area contributed by atoms with Gasteiger partial charge in [-0.05, 0) is 38.5 Å². The fourth-order valence-electron chi connectivity index (χ4n) is 3.09. The number of nitrogens with zero attached hydrogens (tertiary/aromatic N) is 2. The lowest BCUT2D eigenvalue weighted by Gasteiger charge is -2.37. The molecule has 2 heterocycles. The Morgan fingerprint density at radius 1 is 1.11 bits per heavy atom. The summed E-state index contributed by atoms with van der Waals surface area (Å²) in [4.78, 5) is 27.1. The highest BCUT2D eigenvalue weighted by Gasteiger charge is 2.37. The van der Waals surface area contributed by atoms with Gasteiger partial charge in [0.15, 0.2) is 0 Å². The average molecular weight is 254 g/mol. The molecule has 0 aromatic heterocycles. The Morgan fingerprint density at radius 3 is 2.50 bits per heavy atom. The number of piperidine rings is 1. The molecule has 2 amide bonds. The molecule has 2 aliphatic rings. The summed E-state index contributed by atoms with van der Waals surface area (Å²) in [6.07, 6.45) is 5.45. The molecule has 2 rings (SSSR count). The first kappa shape index (κ1) is 13.2. The predicted octanol–water partition coefficient (Wildman–Crippen LogP) is 1.92. The van der Waals surface area contributed by atoms with Crippen LogP contribution in [0.5, 0.6) is 0 Å². The molecule has 2 aliphatic heterocycles. The van der Waals surface area contributed by atoms with E-state index in [1.807, 2.05) is 4.90 Å². The fourth-order valence-corrected chi connectivity index (χ4v) is 3.09. The van der Waals surface area contributed by atoms with Gasteiger partial charge in [-0.2, -0.15) is 0 Å². The first-order valence-electron chi connectivity index (χ1n) is 6.95. The molecule has 0 aliphatic carbocycles. The lowest BCUT2D eigenvalue weighted by molar-refractivity contribution is -0.143. The number of amides is 2. The molecule has 0 bridgehead atoms. The maximum Gasteiger partial charge on any atom is 0.326 e. The Kier molecular flexibility index (Phi) is 4.09. The molecular weight excluding hydrogens is 232 g/mol. The van der Waals surface area contributed by atoms with Crippen molar-refractivity contribution < 1.29 is 14.7 Å². The van der Waals surface area contributed by atoms with E-state index in [1.165, 1.54) is 0 Å². The second kappa shape index (κ2) is 5.59. The second-order valence-corrected chi connectivity index (χ2v) is 5.22. The van der Waals surface area contributed by atoms with Crippen molar-refractivity contribution in [3.63, 3.8) is 0 Å². The molecule has 2 unspecified atom stereocenters. The number of hydrogen-bond donors (Lipinski definition) is 1. The SMILES string of the molecule is CCC1CCCN1C(=O)N1CCCCC1C(=O)O. The third-order valence-electron chi connectivity index (χ3n) is 4.13. The smallest absolute Gasteiger partial charge is 0.326 e. The molecular formula is C13H22N2O3. The zero-order valence-electron chi connectivity index (χ0n) is 11.0. The van der Waals surface area contributed by atoms with E-state index in [0.29, 0.717) is 19.0 Å². The number of carbonyl (C=O) groups excluding carboxylic acids is 1. The van der Waals surface area contributed by atoms with E-state index < -0.39 is 12.0 Å². The average Bonchev–Trinajstić information content (AvgIpc) is 2.86. The lowest BCUT2D eigenvalue weighted by Crippen LogP contribution is -2.54. The van der Waals surface area contributed by atoms with Crippen molar-refractivity contribution in [3.05, 3.63) is 0 Å². The van der Waals surface area contributed by atoms with Crippen LogP contribution >= 0.6 is 0 Å². The minimum atomic E-state index is -0.865. The van der Waals surface area contributed by atoms with Crippen molar-refractivity contribution in [2.75, 3.05) is 13.1 Å². The summed E-state index contributed by atoms with van der Waals surface area (Å²) >= 11 is 0. The van der Waals surface area contributed by atoms with E-state index in [4.69, 9.17) is 0 Å². The molecule has 0 aromatic carbocycles. The van der Waals surface area contributed by atoms with Crippen molar-refractivity contribution in [1.29, 1.82) is 0 Å². The molecule has 1 N–H and O–H groups in total. The van der Waals surface area contributed by atoms with Gasteiger partial charge in [0.1, 0.15) is 6.04 Å². The zero-order valence-corrected chi connectivity index (χ0v) is 11.0. The Labute approximate surface area is 108 Å². The Balaban J connectivity index is 2.08. The van der Waals surface area contributed by atoms with E-state index in [1.54, 1.807) is 4.90 Å². The van der Waals surface area contributed by atoms with Crippen molar-refractivity contribution in [2.45, 2.75) is 57.5 Å². The Morgan fingerprint density at radius 2 is 1.83 bits per heavy atom. The van der Waals surface area contributed by atoms with Gasteiger partial charge in [0, 0.05) is 19.1 Å². The molecule has 102 valence electrons. The van der Waals surface area contributed by atoms with E-state index in [2.05, 4.69) is 6.92 Å². The van der Waals surface area contributed by atoms with Gasteiger partial charge in [0.2, 0.25) is 0 Å². The van der Waals surface area contributed by atoms with Crippen molar-refractivity contribution in [3.8, 4) is 0 Å². The summed E-state index contributed by atoms with van der Waals surface area (Å²) < 4.78 is 0. The number of carboxylic acid groups (broad SMARTS) is 1. The molecule has 0 radical (unpaired) electrons. The monoisotopic (exact) mass is 254 g/mol. The van der Waals surface area contributed by atoms with Crippen LogP contribution in [-0.4, -0.2) is 52.1 Å². The van der Waals surface area contributed by atoms with E-state index in [0.717, 1.165) is 38.6 Å². The molecule has 0 aromatic rings. The number of urea groups is 1. The molecule has 18 heavy (non-hydrogen) atoms. The molecule has 2 saturated heterocycles. The van der Waals surface area contributed by atoms with Crippen LogP contribution in [0.15, 0.2) is 0 Å². The Hall–Kier alpha value is -1.26. The summed E-state index contributed by atoms with van der Waals surface area (Å²) in [7, 11) is 0. The quantitative estimate of drug-likeness (QED) is 0.819. The van der Waals surface area contributed by atoms with Gasteiger partial charge in [0.05, 0.1) is 0 Å². The number of carbonyl (C=O) groups is 2. The second-order valence-electron chi connectivity index (χ2n) is 5.22. The van der Waals surface area contributed by atoms with Gasteiger partial charge in [0.25, 0.3) is 0 Å². The van der Waals surface area contributed by atoms with E-state index >= 15 is 0 Å². The van der Waals surface area contributed by atoms with Gasteiger partial charge < -0.3 is 14.9 Å². The van der Waals surface area contributed by atoms with Gasteiger partial charge in [-0.25, -0.2) is 9.59 Å². The Bertz CT molecular complexity index is 332. The molecule has 0 saturated carbocycles. The first-order chi connectivity index (χ1) is 8.65. The first-order valence-corrected chi connectivity index (χ1v) is 6.95. The van der Waals surface area contributed by atoms with Gasteiger partial charge in [-0.15, -0.1) is 0 Å². The van der Waals surface area contributed by atoms with Crippen molar-refractivity contribution in [1.82, 2.24) is 9.80 Å². The summed E-state index contributed by atoms with van der Waals surface area (Å²) in [5, 5.41) is 9.21. The third-order valence-corrected chi connectivity index (χ3v) is 4.13. The van der Waals surface area contributed by atoms with Crippen LogP contribution in [0.2, 0.25) is 0 Å². The van der Waals surface area contributed by atoms with Crippen LogP contribution in [0.4, 0.5) is 4.79 Å². The number of aliphatic carboxylic acids is 1. The minimum Gasteiger partial charge on any atom is -0.480 e. The molecule has 0 spiro atoms. The van der Waals surface area contributed by atoms with Crippen molar-refractivity contribution in [2.24, 2.45) is 0 Å². The summed E-state index contributed by atoms with van der Waals surface area (Å²) in [5.74, 6) is -0.865. The van der Waals surface area contributed by atoms with Crippen LogP contribution < -0.4 is 0 Å². The molecule has 2 fully saturated rings. The standard InChI is InChI=1S/C13H22N2O3/c1-2-10-6-5-9-14(10)13(18)15-8-4-3-7-11(15)12(16)17/h10-11H,2-9H2,1H3,(H,16,17). The topological polar surface area (TPSA) is 60.9 Å². The predicted molar refractivity (Wildman–Crippen MR) is 67.4 cm³/mol. The van der Waals surface area contributed by atoms with Gasteiger partial charge in [-0.3, -0.25) is 0 Å². The number of hydrogen-bond acceptors (Lipinski definition) is 2. The molecule has 5 heteroatoms. The molecule has 5 nitrogen and oxygen atoms in total. The van der Waals surface area contributed by atoms with Gasteiger partial charge >= 0.3 is 12.0 Å². The normalized spacial score (nSPS) is 28.5. The summed E-state index contributed by atoms with van der Waals surface area (Å²) in [6, 6.07) is -0.385. The largest absolute Gasteiger partial charge is 0.480 e. The fraction of sp³-hybridized carbons (Fsp3) is 0.846. The minimum absolute atomic E-state index is 0.0635. The van der Waals surface area contributed by atoms with Crippen LogP contribution in [0.3, 0.4) is 0 Å². The van der Waals surface area contributed by atoms with Crippen molar-refractivity contribution >= 4 is 12.0 Å². The van der Waals surface area contributed by atoms with Crippen LogP contribution in [0.25, 0.3) is 0 Å². The highest BCUT2D eigenvalue weighted by molar-refractivity contribution is 5.83. The maximum atomic E-state index is 12.5. The highest BCUT2D eigenvalue weighted by atomic mass is 16.4. The number of carboxylic acids is 1.